The predicted octanol–water partition coefficient (Wildman–Crippen LogP) is 2.53. The summed E-state index contributed by atoms with van der Waals surface area (Å²) in [6.45, 7) is 4.89. The Balaban J connectivity index is 2.52. The summed E-state index contributed by atoms with van der Waals surface area (Å²) in [6.07, 6.45) is 7.29. The average Bonchev–Trinajstić information content (AvgIpc) is 2.88. The third-order valence-corrected chi connectivity index (χ3v) is 4.11. The Morgan fingerprint density at radius 3 is 2.47 bits per heavy atom. The minimum atomic E-state index is -1.62. The molecule has 0 amide bonds. The normalized spacial score (nSPS) is 16.2. The highest BCUT2D eigenvalue weighted by Crippen LogP contribution is 2.27. The highest BCUT2D eigenvalue weighted by atomic mass is 28.3. The summed E-state index contributed by atoms with van der Waals surface area (Å²) in [6, 6.07) is 0. The highest BCUT2D eigenvalue weighted by Gasteiger charge is 2.29. The smallest absolute Gasteiger partial charge is 0.280 e. The van der Waals surface area contributed by atoms with Crippen LogP contribution in [0.4, 0.5) is 4.11 Å². The van der Waals surface area contributed by atoms with Gasteiger partial charge in [0.2, 0.25) is 9.85 Å². The first-order valence-corrected chi connectivity index (χ1v) is 8.33. The molecule has 1 aliphatic carbocycles. The van der Waals surface area contributed by atoms with E-state index in [9.17, 15) is 9.21 Å². The minimum absolute atomic E-state index is 0.363. The number of halogens is 1. The van der Waals surface area contributed by atoms with E-state index in [-0.39, 0.29) is 0 Å². The molecule has 5 heteroatoms. The molecule has 0 aromatic rings. The van der Waals surface area contributed by atoms with E-state index in [1.165, 1.54) is 0 Å². The second-order valence-corrected chi connectivity index (χ2v) is 5.81. The van der Waals surface area contributed by atoms with Crippen LogP contribution in [-0.4, -0.2) is 34.1 Å². The van der Waals surface area contributed by atoms with Crippen molar-refractivity contribution < 1.29 is 18.7 Å². The summed E-state index contributed by atoms with van der Waals surface area (Å²) in [4.78, 5) is 0. The van der Waals surface area contributed by atoms with Gasteiger partial charge in [-0.3, -0.25) is 0 Å². The van der Waals surface area contributed by atoms with Gasteiger partial charge >= 0.3 is 0 Å². The maximum Gasteiger partial charge on any atom is 0.280 e. The van der Waals surface area contributed by atoms with E-state index in [0.29, 0.717) is 26.1 Å². The van der Waals surface area contributed by atoms with Crippen LogP contribution in [0.5, 0.6) is 0 Å². The fourth-order valence-electron chi connectivity index (χ4n) is 2.01. The van der Waals surface area contributed by atoms with Crippen molar-refractivity contribution in [2.75, 3.05) is 13.2 Å². The van der Waals surface area contributed by atoms with Crippen LogP contribution in [-0.2, 0) is 9.47 Å². The maximum absolute atomic E-state index is 12.9. The molecule has 1 aliphatic rings. The Kier molecular flexibility index (Phi) is 7.52. The lowest BCUT2D eigenvalue weighted by Gasteiger charge is -2.28. The van der Waals surface area contributed by atoms with Crippen molar-refractivity contribution in [3.63, 3.8) is 0 Å². The fourth-order valence-corrected chi connectivity index (χ4v) is 2.78. The molecule has 0 radical (unpaired) electrons. The predicted molar refractivity (Wildman–Crippen MR) is 77.1 cm³/mol. The zero-order chi connectivity index (χ0) is 14.1. The van der Waals surface area contributed by atoms with Crippen molar-refractivity contribution in [3.8, 4) is 0 Å². The van der Waals surface area contributed by atoms with Crippen LogP contribution in [0, 0.1) is 0 Å². The van der Waals surface area contributed by atoms with Gasteiger partial charge in [0, 0.05) is 6.42 Å². The first kappa shape index (κ1) is 16.6. The van der Waals surface area contributed by atoms with E-state index in [0.717, 1.165) is 30.0 Å². The van der Waals surface area contributed by atoms with Gasteiger partial charge in [0.15, 0.2) is 0 Å². The number of ether oxygens (including phenoxy) is 2. The third kappa shape index (κ3) is 5.56. The molecule has 0 aromatic carbocycles. The van der Waals surface area contributed by atoms with Crippen LogP contribution in [0.1, 0.15) is 46.0 Å². The summed E-state index contributed by atoms with van der Waals surface area (Å²) >= 11 is 0. The fraction of sp³-hybridized carbons (Fsp3) is 0.714. The largest absolute Gasteiger partial charge is 0.343 e. The van der Waals surface area contributed by atoms with E-state index < -0.39 is 15.8 Å². The Labute approximate surface area is 117 Å². The molecule has 0 saturated carbocycles. The second kappa shape index (κ2) is 8.63. The van der Waals surface area contributed by atoms with Crippen LogP contribution in [0.25, 0.3) is 0 Å². The van der Waals surface area contributed by atoms with Gasteiger partial charge < -0.3 is 18.7 Å². The van der Waals surface area contributed by atoms with Crippen LogP contribution in [0.15, 0.2) is 22.9 Å². The van der Waals surface area contributed by atoms with E-state index in [1.807, 2.05) is 26.0 Å². The van der Waals surface area contributed by atoms with Crippen molar-refractivity contribution in [2.24, 2.45) is 0 Å². The molecule has 19 heavy (non-hydrogen) atoms. The Morgan fingerprint density at radius 1 is 1.32 bits per heavy atom. The Bertz CT molecular complexity index is 321. The first-order valence-electron chi connectivity index (χ1n) is 7.09. The van der Waals surface area contributed by atoms with Gasteiger partial charge in [-0.2, -0.15) is 0 Å². The number of hydrogen-bond acceptors (Lipinski definition) is 3. The van der Waals surface area contributed by atoms with Crippen molar-refractivity contribution in [2.45, 2.75) is 51.9 Å². The number of aliphatic hydroxyl groups is 1. The summed E-state index contributed by atoms with van der Waals surface area (Å²) in [7, 11) is -1.62. The standard InChI is InChI=1S/C14H25FO3Si/c1-3-10-17-14(16,18-11-4-2)9-8-12-6-5-7-13(12)19-15/h5,7,16H,3-4,6,8-11,19H2,1-2H3. The van der Waals surface area contributed by atoms with E-state index in [2.05, 4.69) is 0 Å². The molecular formula is C14H25FO3Si. The van der Waals surface area contributed by atoms with Gasteiger partial charge in [-0.1, -0.05) is 31.6 Å². The van der Waals surface area contributed by atoms with Crippen molar-refractivity contribution >= 4 is 9.85 Å². The topological polar surface area (TPSA) is 38.7 Å². The average molecular weight is 288 g/mol. The van der Waals surface area contributed by atoms with Gasteiger partial charge in [0.05, 0.1) is 13.2 Å². The van der Waals surface area contributed by atoms with Gasteiger partial charge in [-0.15, -0.1) is 0 Å². The molecule has 0 atom stereocenters. The first-order chi connectivity index (χ1) is 9.15. The molecule has 110 valence electrons. The second-order valence-electron chi connectivity index (χ2n) is 4.78. The quantitative estimate of drug-likeness (QED) is 0.381. The van der Waals surface area contributed by atoms with Crippen LogP contribution in [0.3, 0.4) is 0 Å². The van der Waals surface area contributed by atoms with E-state index >= 15 is 0 Å². The van der Waals surface area contributed by atoms with Gasteiger partial charge in [0.1, 0.15) is 0 Å². The summed E-state index contributed by atoms with van der Waals surface area (Å²) in [5.41, 5.74) is 1.09. The van der Waals surface area contributed by atoms with E-state index in [1.54, 1.807) is 0 Å². The highest BCUT2D eigenvalue weighted by molar-refractivity contribution is 6.39. The SMILES string of the molecule is CCCOC(O)(CCC1=C([SiH2]F)C=CC1)OCCC. The third-order valence-electron chi connectivity index (χ3n) is 3.09. The number of rotatable bonds is 10. The molecule has 1 rings (SSSR count). The number of allylic oxidation sites excluding steroid dienone is 4. The monoisotopic (exact) mass is 288 g/mol. The molecule has 0 spiro atoms. The number of hydrogen-bond donors (Lipinski definition) is 1. The van der Waals surface area contributed by atoms with Gasteiger partial charge in [0.25, 0.3) is 5.97 Å². The summed E-state index contributed by atoms with van der Waals surface area (Å²) in [5.74, 6) is -1.52. The zero-order valence-electron chi connectivity index (χ0n) is 12.0. The van der Waals surface area contributed by atoms with Crippen LogP contribution in [0.2, 0.25) is 0 Å². The minimum Gasteiger partial charge on any atom is -0.343 e. The lowest BCUT2D eigenvalue weighted by Crippen LogP contribution is -2.36. The maximum atomic E-state index is 12.9. The molecule has 0 saturated heterocycles. The van der Waals surface area contributed by atoms with Gasteiger partial charge in [-0.25, -0.2) is 0 Å². The van der Waals surface area contributed by atoms with Crippen LogP contribution < -0.4 is 0 Å². The van der Waals surface area contributed by atoms with E-state index in [4.69, 9.17) is 9.47 Å². The molecule has 0 aromatic heterocycles. The molecule has 0 aliphatic heterocycles. The Hall–Kier alpha value is -0.493. The van der Waals surface area contributed by atoms with Crippen molar-refractivity contribution in [1.29, 1.82) is 0 Å². The molecule has 3 nitrogen and oxygen atoms in total. The van der Waals surface area contributed by atoms with Crippen LogP contribution >= 0.6 is 0 Å². The van der Waals surface area contributed by atoms with Crippen molar-refractivity contribution in [3.05, 3.63) is 22.9 Å². The Morgan fingerprint density at radius 2 is 1.95 bits per heavy atom. The lowest BCUT2D eigenvalue weighted by atomic mass is 10.1. The molecule has 0 heterocycles. The molecule has 0 unspecified atom stereocenters. The van der Waals surface area contributed by atoms with Gasteiger partial charge in [-0.05, 0) is 30.9 Å². The molecule has 1 N–H and O–H groups in total. The zero-order valence-corrected chi connectivity index (χ0v) is 13.4. The summed E-state index contributed by atoms with van der Waals surface area (Å²) in [5, 5.41) is 11.2. The van der Waals surface area contributed by atoms with Crippen molar-refractivity contribution in [1.82, 2.24) is 0 Å². The molecular weight excluding hydrogens is 263 g/mol. The summed E-state index contributed by atoms with van der Waals surface area (Å²) < 4.78 is 23.7. The molecule has 0 bridgehead atoms. The molecule has 0 fully saturated rings. The lowest BCUT2D eigenvalue weighted by molar-refractivity contribution is -0.362.